The second-order valence-corrected chi connectivity index (χ2v) is 5.37. The fraction of sp³-hybridized carbons (Fsp3) is 0.250. The van der Waals surface area contributed by atoms with Gasteiger partial charge in [-0.05, 0) is 17.0 Å². The molecule has 0 spiro atoms. The number of benzene rings is 1. The average Bonchev–Trinajstić information content (AvgIpc) is 2.95. The summed E-state index contributed by atoms with van der Waals surface area (Å²) in [7, 11) is 0. The summed E-state index contributed by atoms with van der Waals surface area (Å²) in [6.07, 6.45) is 3.80. The Morgan fingerprint density at radius 1 is 1.14 bits per heavy atom. The van der Waals surface area contributed by atoms with Crippen LogP contribution >= 0.6 is 0 Å². The lowest BCUT2D eigenvalue weighted by atomic mass is 10.00. The molecule has 2 aromatic heterocycles. The van der Waals surface area contributed by atoms with Crippen molar-refractivity contribution in [3.05, 3.63) is 64.0 Å². The van der Waals surface area contributed by atoms with Gasteiger partial charge in [0.05, 0.1) is 5.69 Å². The van der Waals surface area contributed by atoms with E-state index in [0.29, 0.717) is 23.9 Å². The molecular weight excluding hydrogens is 280 g/mol. The van der Waals surface area contributed by atoms with Crippen molar-refractivity contribution in [3.63, 3.8) is 0 Å². The molecule has 0 aliphatic carbocycles. The van der Waals surface area contributed by atoms with Crippen LogP contribution < -0.4 is 5.76 Å². The molecule has 3 aromatic rings. The summed E-state index contributed by atoms with van der Waals surface area (Å²) in [4.78, 5) is 22.2. The maximum atomic E-state index is 11.1. The smallest absolute Gasteiger partial charge is 0.296 e. The first-order valence-electron chi connectivity index (χ1n) is 7.08. The maximum Gasteiger partial charge on any atom is 0.439 e. The van der Waals surface area contributed by atoms with Gasteiger partial charge in [-0.2, -0.15) is 0 Å². The van der Waals surface area contributed by atoms with E-state index in [1.54, 1.807) is 12.4 Å². The van der Waals surface area contributed by atoms with Crippen LogP contribution in [0.1, 0.15) is 36.6 Å². The second kappa shape index (κ2) is 5.93. The number of hydrogen-bond donors (Lipinski definition) is 1. The van der Waals surface area contributed by atoms with Gasteiger partial charge in [0.1, 0.15) is 5.69 Å². The van der Waals surface area contributed by atoms with Crippen molar-refractivity contribution in [2.75, 3.05) is 0 Å². The Bertz CT molecular complexity index is 818. The van der Waals surface area contributed by atoms with Crippen LogP contribution in [-0.2, 0) is 6.42 Å². The zero-order valence-electron chi connectivity index (χ0n) is 12.4. The Labute approximate surface area is 127 Å². The third-order valence-corrected chi connectivity index (χ3v) is 3.46. The number of aromatic nitrogens is 4. The molecule has 0 aliphatic rings. The SMILES string of the molecule is CC(C)c1ccc(Cc2nccnc2-c2noc(=O)[nH]2)cc1. The van der Waals surface area contributed by atoms with Crippen molar-refractivity contribution in [1.82, 2.24) is 20.1 Å². The Kier molecular flexibility index (Phi) is 3.82. The van der Waals surface area contributed by atoms with Gasteiger partial charge in [-0.25, -0.2) is 9.78 Å². The van der Waals surface area contributed by atoms with Gasteiger partial charge in [-0.3, -0.25) is 14.5 Å². The summed E-state index contributed by atoms with van der Waals surface area (Å²) in [5.41, 5.74) is 3.69. The monoisotopic (exact) mass is 296 g/mol. The zero-order chi connectivity index (χ0) is 15.5. The number of nitrogens with one attached hydrogen (secondary N) is 1. The van der Waals surface area contributed by atoms with E-state index >= 15 is 0 Å². The maximum absolute atomic E-state index is 11.1. The lowest BCUT2D eigenvalue weighted by Gasteiger charge is -2.08. The minimum absolute atomic E-state index is 0.298. The fourth-order valence-electron chi connectivity index (χ4n) is 2.24. The molecule has 3 rings (SSSR count). The molecule has 0 amide bonds. The molecule has 0 bridgehead atoms. The van der Waals surface area contributed by atoms with Gasteiger partial charge in [0.25, 0.3) is 0 Å². The first-order chi connectivity index (χ1) is 10.6. The summed E-state index contributed by atoms with van der Waals surface area (Å²) in [5.74, 6) is 0.195. The van der Waals surface area contributed by atoms with Crippen molar-refractivity contribution in [2.45, 2.75) is 26.2 Å². The van der Waals surface area contributed by atoms with E-state index in [-0.39, 0.29) is 0 Å². The molecule has 0 saturated heterocycles. The zero-order valence-corrected chi connectivity index (χ0v) is 12.4. The van der Waals surface area contributed by atoms with Gasteiger partial charge in [0.15, 0.2) is 0 Å². The molecule has 22 heavy (non-hydrogen) atoms. The third kappa shape index (κ3) is 2.95. The minimum Gasteiger partial charge on any atom is -0.296 e. The minimum atomic E-state index is -0.604. The van der Waals surface area contributed by atoms with Crippen LogP contribution in [0.5, 0.6) is 0 Å². The summed E-state index contributed by atoms with van der Waals surface area (Å²) in [5, 5.41) is 3.68. The van der Waals surface area contributed by atoms with E-state index in [1.165, 1.54) is 5.56 Å². The van der Waals surface area contributed by atoms with Crippen molar-refractivity contribution < 1.29 is 4.52 Å². The largest absolute Gasteiger partial charge is 0.439 e. The second-order valence-electron chi connectivity index (χ2n) is 5.37. The van der Waals surface area contributed by atoms with Gasteiger partial charge in [-0.15, -0.1) is 0 Å². The first-order valence-corrected chi connectivity index (χ1v) is 7.08. The highest BCUT2D eigenvalue weighted by Gasteiger charge is 2.13. The Hall–Kier alpha value is -2.76. The van der Waals surface area contributed by atoms with Gasteiger partial charge in [0.2, 0.25) is 5.82 Å². The number of aromatic amines is 1. The van der Waals surface area contributed by atoms with Gasteiger partial charge < -0.3 is 0 Å². The Morgan fingerprint density at radius 2 is 1.86 bits per heavy atom. The van der Waals surface area contributed by atoms with Crippen LogP contribution in [0.25, 0.3) is 11.5 Å². The molecule has 6 heteroatoms. The molecule has 0 fully saturated rings. The average molecular weight is 296 g/mol. The molecule has 1 N–H and O–H groups in total. The van der Waals surface area contributed by atoms with E-state index in [4.69, 9.17) is 0 Å². The first kappa shape index (κ1) is 14.2. The predicted molar refractivity (Wildman–Crippen MR) is 81.5 cm³/mol. The molecule has 1 aromatic carbocycles. The highest BCUT2D eigenvalue weighted by Crippen LogP contribution is 2.19. The van der Waals surface area contributed by atoms with Gasteiger partial charge >= 0.3 is 5.76 Å². The van der Waals surface area contributed by atoms with Crippen molar-refractivity contribution in [2.24, 2.45) is 0 Å². The molecular formula is C16H16N4O2. The van der Waals surface area contributed by atoms with Crippen molar-refractivity contribution in [3.8, 4) is 11.5 Å². The molecule has 6 nitrogen and oxygen atoms in total. The summed E-state index contributed by atoms with van der Waals surface area (Å²) < 4.78 is 4.54. The quantitative estimate of drug-likeness (QED) is 0.799. The number of rotatable bonds is 4. The highest BCUT2D eigenvalue weighted by atomic mass is 16.5. The standard InChI is InChI=1S/C16H16N4O2/c1-10(2)12-5-3-11(4-6-12)9-13-14(18-8-7-17-13)15-19-16(21)22-20-15/h3-8,10H,9H2,1-2H3,(H,19,20,21). The lowest BCUT2D eigenvalue weighted by Crippen LogP contribution is -2.01. The predicted octanol–water partition coefficient (Wildman–Crippen LogP) is 2.53. The van der Waals surface area contributed by atoms with Crippen molar-refractivity contribution >= 4 is 0 Å². The molecule has 0 saturated carbocycles. The fourth-order valence-corrected chi connectivity index (χ4v) is 2.24. The van der Waals surface area contributed by atoms with E-state index in [1.807, 2.05) is 0 Å². The Morgan fingerprint density at radius 3 is 2.50 bits per heavy atom. The van der Waals surface area contributed by atoms with Gasteiger partial charge in [0, 0.05) is 18.8 Å². The number of H-pyrrole nitrogens is 1. The van der Waals surface area contributed by atoms with Crippen LogP contribution in [0.4, 0.5) is 0 Å². The Balaban J connectivity index is 1.91. The molecule has 0 unspecified atom stereocenters. The van der Waals surface area contributed by atoms with E-state index in [0.717, 1.165) is 11.3 Å². The summed E-state index contributed by atoms with van der Waals surface area (Å²) >= 11 is 0. The number of nitrogens with zero attached hydrogens (tertiary/aromatic N) is 3. The molecule has 0 atom stereocenters. The summed E-state index contributed by atoms with van der Waals surface area (Å²) in [6, 6.07) is 8.40. The normalized spacial score (nSPS) is 11.0. The molecule has 0 aliphatic heterocycles. The highest BCUT2D eigenvalue weighted by molar-refractivity contribution is 5.52. The number of hydrogen-bond acceptors (Lipinski definition) is 5. The molecule has 112 valence electrons. The van der Waals surface area contributed by atoms with E-state index in [2.05, 4.69) is 62.7 Å². The van der Waals surface area contributed by atoms with Gasteiger partial charge in [-0.1, -0.05) is 43.3 Å². The van der Waals surface area contributed by atoms with Crippen LogP contribution in [0.15, 0.2) is 46.0 Å². The van der Waals surface area contributed by atoms with Crippen molar-refractivity contribution in [1.29, 1.82) is 0 Å². The van der Waals surface area contributed by atoms with E-state index < -0.39 is 5.76 Å². The summed E-state index contributed by atoms with van der Waals surface area (Å²) in [6.45, 7) is 4.33. The lowest BCUT2D eigenvalue weighted by molar-refractivity contribution is 0.387. The van der Waals surface area contributed by atoms with Crippen LogP contribution in [0, 0.1) is 0 Å². The molecule has 2 heterocycles. The van der Waals surface area contributed by atoms with E-state index in [9.17, 15) is 4.79 Å². The molecule has 0 radical (unpaired) electrons. The third-order valence-electron chi connectivity index (χ3n) is 3.46. The van der Waals surface area contributed by atoms with Crippen LogP contribution in [0.2, 0.25) is 0 Å². The van der Waals surface area contributed by atoms with Crippen LogP contribution in [-0.4, -0.2) is 20.1 Å². The van der Waals surface area contributed by atoms with Crippen LogP contribution in [0.3, 0.4) is 0 Å². The topological polar surface area (TPSA) is 84.7 Å².